The van der Waals surface area contributed by atoms with Crippen molar-refractivity contribution in [2.45, 2.75) is 50.0 Å². The lowest BCUT2D eigenvalue weighted by molar-refractivity contribution is -0.147. The number of amides is 3. The summed E-state index contributed by atoms with van der Waals surface area (Å²) >= 11 is 3.93. The zero-order chi connectivity index (χ0) is 26.0. The summed E-state index contributed by atoms with van der Waals surface area (Å²) < 4.78 is 0. The molecule has 9 N–H and O–H groups in total. The number of carboxylic acids is 2. The van der Waals surface area contributed by atoms with Gasteiger partial charge in [0.25, 0.3) is 0 Å². The zero-order valence-electron chi connectivity index (χ0n) is 18.2. The molecule has 188 valence electrons. The molecule has 0 saturated heterocycles. The Balaban J connectivity index is 2.81. The first-order valence-electron chi connectivity index (χ1n) is 10.0. The van der Waals surface area contributed by atoms with E-state index in [-0.39, 0.29) is 17.9 Å². The number of aliphatic hydroxyl groups is 1. The van der Waals surface area contributed by atoms with E-state index in [0.717, 1.165) is 0 Å². The van der Waals surface area contributed by atoms with Gasteiger partial charge in [0, 0.05) is 5.75 Å². The summed E-state index contributed by atoms with van der Waals surface area (Å²) in [4.78, 5) is 59.3. The molecule has 0 aliphatic heterocycles. The molecule has 1 aromatic rings. The van der Waals surface area contributed by atoms with Crippen LogP contribution in [0, 0.1) is 0 Å². The van der Waals surface area contributed by atoms with Crippen LogP contribution in [0.2, 0.25) is 0 Å². The van der Waals surface area contributed by atoms with Crippen LogP contribution in [0.15, 0.2) is 24.3 Å². The molecule has 1 aromatic carbocycles. The summed E-state index contributed by atoms with van der Waals surface area (Å²) in [5, 5.41) is 43.6. The van der Waals surface area contributed by atoms with E-state index >= 15 is 0 Å². The van der Waals surface area contributed by atoms with Crippen molar-refractivity contribution in [3.05, 3.63) is 29.8 Å². The second-order valence-electron chi connectivity index (χ2n) is 7.44. The average Bonchev–Trinajstić information content (AvgIpc) is 2.75. The van der Waals surface area contributed by atoms with Crippen molar-refractivity contribution < 1.29 is 44.4 Å². The van der Waals surface area contributed by atoms with Crippen LogP contribution in [0.4, 0.5) is 0 Å². The fraction of sp³-hybridized carbons (Fsp3) is 0.450. The van der Waals surface area contributed by atoms with Crippen molar-refractivity contribution >= 4 is 42.3 Å². The minimum Gasteiger partial charge on any atom is -0.508 e. The molecular formula is C20H28N4O9S. The van der Waals surface area contributed by atoms with Crippen molar-refractivity contribution in [1.29, 1.82) is 0 Å². The number of hydrogen-bond acceptors (Lipinski definition) is 9. The molecule has 0 saturated carbocycles. The van der Waals surface area contributed by atoms with Crippen LogP contribution in [-0.4, -0.2) is 86.1 Å². The highest BCUT2D eigenvalue weighted by Gasteiger charge is 2.32. The number of nitrogens with two attached hydrogens (primary N) is 1. The van der Waals surface area contributed by atoms with Gasteiger partial charge in [-0.15, -0.1) is 0 Å². The van der Waals surface area contributed by atoms with Gasteiger partial charge in [-0.2, -0.15) is 12.6 Å². The number of aromatic hydroxyl groups is 1. The molecule has 0 spiro atoms. The van der Waals surface area contributed by atoms with Crippen LogP contribution in [0.25, 0.3) is 0 Å². The summed E-state index contributed by atoms with van der Waals surface area (Å²) in [5.41, 5.74) is 6.51. The number of aliphatic carboxylic acids is 2. The molecule has 0 aliphatic rings. The van der Waals surface area contributed by atoms with Crippen LogP contribution in [-0.2, 0) is 30.4 Å². The van der Waals surface area contributed by atoms with E-state index in [4.69, 9.17) is 15.9 Å². The van der Waals surface area contributed by atoms with E-state index in [1.54, 1.807) is 12.1 Å². The molecule has 13 nitrogen and oxygen atoms in total. The van der Waals surface area contributed by atoms with Crippen LogP contribution >= 0.6 is 12.6 Å². The third kappa shape index (κ3) is 9.25. The number of phenolic OH excluding ortho intramolecular Hbond substituents is 1. The maximum Gasteiger partial charge on any atom is 0.326 e. The lowest BCUT2D eigenvalue weighted by Crippen LogP contribution is -2.60. The van der Waals surface area contributed by atoms with E-state index in [1.165, 1.54) is 19.1 Å². The molecule has 0 aromatic heterocycles. The topological polar surface area (TPSA) is 228 Å². The number of carbonyl (C=O) groups excluding carboxylic acids is 3. The lowest BCUT2D eigenvalue weighted by atomic mass is 10.0. The largest absolute Gasteiger partial charge is 0.508 e. The van der Waals surface area contributed by atoms with E-state index in [1.807, 2.05) is 5.32 Å². The summed E-state index contributed by atoms with van der Waals surface area (Å²) in [6.45, 7) is 1.22. The molecule has 3 amide bonds. The summed E-state index contributed by atoms with van der Waals surface area (Å²) in [7, 11) is 0. The Kier molecular flexibility index (Phi) is 11.3. The standard InChI is InChI=1S/C20H28N4O9S/c1-9(25)16(24-17(29)12(21)6-10-2-4-11(26)5-3-10)19(31)23-14(8-34)18(30)22-13(20(32)33)7-15(27)28/h2-5,9,12-14,16,25-26,34H,6-8,21H2,1H3,(H,22,30)(H,23,31)(H,24,29)(H,27,28)(H,32,33). The highest BCUT2D eigenvalue weighted by Crippen LogP contribution is 2.11. The van der Waals surface area contributed by atoms with Gasteiger partial charge in [-0.3, -0.25) is 19.2 Å². The SMILES string of the molecule is CC(O)C(NC(=O)C(N)Cc1ccc(O)cc1)C(=O)NC(CS)C(=O)NC(CC(=O)O)C(=O)O. The first-order valence-corrected chi connectivity index (χ1v) is 10.7. The highest BCUT2D eigenvalue weighted by molar-refractivity contribution is 7.80. The van der Waals surface area contributed by atoms with E-state index in [9.17, 15) is 34.2 Å². The lowest BCUT2D eigenvalue weighted by Gasteiger charge is -2.25. The van der Waals surface area contributed by atoms with Gasteiger partial charge in [0.15, 0.2) is 0 Å². The Morgan fingerprint density at radius 3 is 1.97 bits per heavy atom. The second kappa shape index (κ2) is 13.4. The summed E-state index contributed by atoms with van der Waals surface area (Å²) in [6.07, 6.45) is -2.21. The molecule has 0 bridgehead atoms. The molecule has 0 radical (unpaired) electrons. The van der Waals surface area contributed by atoms with Gasteiger partial charge in [-0.05, 0) is 31.0 Å². The van der Waals surface area contributed by atoms with Gasteiger partial charge in [0.05, 0.1) is 18.6 Å². The minimum atomic E-state index is -1.74. The third-order valence-electron chi connectivity index (χ3n) is 4.60. The predicted molar refractivity (Wildman–Crippen MR) is 121 cm³/mol. The van der Waals surface area contributed by atoms with E-state index < -0.39 is 66.4 Å². The molecule has 0 heterocycles. The van der Waals surface area contributed by atoms with Crippen molar-refractivity contribution in [3.8, 4) is 5.75 Å². The molecular weight excluding hydrogens is 472 g/mol. The summed E-state index contributed by atoms with van der Waals surface area (Å²) in [5.74, 6) is -6.06. The Hall–Kier alpha value is -3.36. The maximum atomic E-state index is 12.6. The zero-order valence-corrected chi connectivity index (χ0v) is 19.1. The molecule has 34 heavy (non-hydrogen) atoms. The number of rotatable bonds is 13. The monoisotopic (exact) mass is 500 g/mol. The fourth-order valence-corrected chi connectivity index (χ4v) is 3.00. The van der Waals surface area contributed by atoms with E-state index in [2.05, 4.69) is 23.3 Å². The van der Waals surface area contributed by atoms with Crippen molar-refractivity contribution in [1.82, 2.24) is 16.0 Å². The van der Waals surface area contributed by atoms with Crippen molar-refractivity contribution in [3.63, 3.8) is 0 Å². The van der Waals surface area contributed by atoms with Gasteiger partial charge in [0.1, 0.15) is 23.9 Å². The Morgan fingerprint density at radius 1 is 0.941 bits per heavy atom. The number of nitrogens with one attached hydrogen (secondary N) is 3. The third-order valence-corrected chi connectivity index (χ3v) is 4.97. The van der Waals surface area contributed by atoms with Gasteiger partial charge in [-0.1, -0.05) is 12.1 Å². The van der Waals surface area contributed by atoms with Crippen molar-refractivity contribution in [2.75, 3.05) is 5.75 Å². The minimum absolute atomic E-state index is 0.0352. The highest BCUT2D eigenvalue weighted by atomic mass is 32.1. The quantitative estimate of drug-likeness (QED) is 0.130. The molecule has 5 atom stereocenters. The van der Waals surface area contributed by atoms with E-state index in [0.29, 0.717) is 5.56 Å². The first-order chi connectivity index (χ1) is 15.8. The average molecular weight is 501 g/mol. The van der Waals surface area contributed by atoms with Gasteiger partial charge >= 0.3 is 11.9 Å². The maximum absolute atomic E-state index is 12.6. The molecule has 0 fully saturated rings. The normalized spacial score (nSPS) is 15.2. The molecule has 1 rings (SSSR count). The number of carbonyl (C=O) groups is 5. The first kappa shape index (κ1) is 28.7. The van der Waals surface area contributed by atoms with Crippen LogP contribution < -0.4 is 21.7 Å². The number of phenols is 1. The number of thiol groups is 1. The molecule has 5 unspecified atom stereocenters. The predicted octanol–water partition coefficient (Wildman–Crippen LogP) is -2.41. The van der Waals surface area contributed by atoms with Crippen LogP contribution in [0.1, 0.15) is 18.9 Å². The number of hydrogen-bond donors (Lipinski definition) is 9. The van der Waals surface area contributed by atoms with Gasteiger partial charge in [0.2, 0.25) is 17.7 Å². The molecule has 14 heteroatoms. The number of aliphatic hydroxyl groups excluding tert-OH is 1. The van der Waals surface area contributed by atoms with Gasteiger partial charge < -0.3 is 42.1 Å². The second-order valence-corrected chi connectivity index (χ2v) is 7.81. The Labute approximate surface area is 200 Å². The van der Waals surface area contributed by atoms with Gasteiger partial charge in [-0.25, -0.2) is 4.79 Å². The molecule has 0 aliphatic carbocycles. The van der Waals surface area contributed by atoms with Crippen LogP contribution in [0.5, 0.6) is 5.75 Å². The fourth-order valence-electron chi connectivity index (χ4n) is 2.75. The number of carboxylic acid groups (broad SMARTS) is 2. The Bertz CT molecular complexity index is 895. The van der Waals surface area contributed by atoms with Crippen LogP contribution in [0.3, 0.4) is 0 Å². The summed E-state index contributed by atoms with van der Waals surface area (Å²) in [6, 6.07) is 0.209. The number of benzene rings is 1. The Morgan fingerprint density at radius 2 is 1.50 bits per heavy atom. The van der Waals surface area contributed by atoms with Crippen molar-refractivity contribution in [2.24, 2.45) is 5.73 Å². The smallest absolute Gasteiger partial charge is 0.326 e.